The third-order valence-electron chi connectivity index (χ3n) is 4.70. The van der Waals surface area contributed by atoms with Crippen molar-refractivity contribution in [1.29, 1.82) is 0 Å². The highest BCUT2D eigenvalue weighted by atomic mass is 32.1. The Bertz CT molecular complexity index is 958. The van der Waals surface area contributed by atoms with Crippen molar-refractivity contribution < 1.29 is 9.53 Å². The van der Waals surface area contributed by atoms with Crippen LogP contribution in [0.5, 0.6) is 5.75 Å². The molecular weight excluding hydrogens is 358 g/mol. The largest absolute Gasteiger partial charge is 0.489 e. The monoisotopic (exact) mass is 383 g/mol. The number of carbonyl (C=O) groups is 1. The summed E-state index contributed by atoms with van der Waals surface area (Å²) in [6.45, 7) is 8.50. The van der Waals surface area contributed by atoms with Gasteiger partial charge in [-0.05, 0) is 56.3 Å². The zero-order valence-electron chi connectivity index (χ0n) is 16.4. The number of hydrogen-bond acceptors (Lipinski definition) is 4. The average molecular weight is 384 g/mol. The molecule has 142 valence electrons. The Kier molecular flexibility index (Phi) is 5.65. The predicted octanol–water partition coefficient (Wildman–Crippen LogP) is 4.48. The van der Waals surface area contributed by atoms with E-state index in [2.05, 4.69) is 22.5 Å². The highest BCUT2D eigenvalue weighted by molar-refractivity contribution is 7.12. The summed E-state index contributed by atoms with van der Waals surface area (Å²) < 4.78 is 7.74. The summed E-state index contributed by atoms with van der Waals surface area (Å²) in [6.07, 6.45) is 1.80. The molecular formula is C21H25N3O2S. The Morgan fingerprint density at radius 1 is 1.30 bits per heavy atom. The van der Waals surface area contributed by atoms with E-state index < -0.39 is 0 Å². The van der Waals surface area contributed by atoms with Crippen molar-refractivity contribution in [2.75, 3.05) is 0 Å². The molecule has 0 saturated carbocycles. The van der Waals surface area contributed by atoms with Crippen LogP contribution in [0, 0.1) is 20.8 Å². The summed E-state index contributed by atoms with van der Waals surface area (Å²) in [5, 5.41) is 9.26. The van der Waals surface area contributed by atoms with Gasteiger partial charge in [-0.25, -0.2) is 0 Å². The van der Waals surface area contributed by atoms with Crippen molar-refractivity contribution in [2.24, 2.45) is 7.05 Å². The molecule has 3 rings (SSSR count). The number of aryl methyl sites for hydroxylation is 3. The van der Waals surface area contributed by atoms with E-state index in [-0.39, 0.29) is 11.9 Å². The first-order chi connectivity index (χ1) is 12.8. The summed E-state index contributed by atoms with van der Waals surface area (Å²) in [6, 6.07) is 7.96. The van der Waals surface area contributed by atoms with Crippen molar-refractivity contribution >= 4 is 17.2 Å². The molecule has 27 heavy (non-hydrogen) atoms. The first-order valence-corrected chi connectivity index (χ1v) is 9.80. The van der Waals surface area contributed by atoms with Crippen molar-refractivity contribution in [1.82, 2.24) is 15.1 Å². The number of hydrogen-bond donors (Lipinski definition) is 1. The van der Waals surface area contributed by atoms with Crippen LogP contribution in [0.3, 0.4) is 0 Å². The summed E-state index contributed by atoms with van der Waals surface area (Å²) in [4.78, 5) is 13.2. The lowest BCUT2D eigenvalue weighted by Crippen LogP contribution is -2.26. The smallest absolute Gasteiger partial charge is 0.261 e. The molecule has 5 nitrogen and oxygen atoms in total. The molecule has 1 N–H and O–H groups in total. The van der Waals surface area contributed by atoms with Crippen LogP contribution in [0.25, 0.3) is 0 Å². The molecule has 1 atom stereocenters. The zero-order valence-corrected chi connectivity index (χ0v) is 17.2. The lowest BCUT2D eigenvalue weighted by molar-refractivity contribution is 0.0944. The highest BCUT2D eigenvalue weighted by Crippen LogP contribution is 2.23. The van der Waals surface area contributed by atoms with Gasteiger partial charge in [-0.2, -0.15) is 5.10 Å². The molecule has 0 aliphatic carbocycles. The van der Waals surface area contributed by atoms with E-state index in [9.17, 15) is 4.79 Å². The second kappa shape index (κ2) is 7.96. The zero-order chi connectivity index (χ0) is 19.6. The van der Waals surface area contributed by atoms with E-state index in [1.54, 1.807) is 6.20 Å². The Labute approximate surface area is 164 Å². The predicted molar refractivity (Wildman–Crippen MR) is 108 cm³/mol. The number of aromatic nitrogens is 2. The van der Waals surface area contributed by atoms with Gasteiger partial charge >= 0.3 is 0 Å². The molecule has 0 aliphatic heterocycles. The molecule has 3 aromatic rings. The standard InChI is InChI=1S/C21H25N3O2S/c1-13-6-7-14(2)19(8-13)26-11-17-9-20(27-12-17)21(25)23-15(3)18-10-22-24(5)16(18)4/h6-10,12,15H,11H2,1-5H3,(H,23,25). The molecule has 0 bridgehead atoms. The second-order valence-corrected chi connectivity index (χ2v) is 7.79. The van der Waals surface area contributed by atoms with Gasteiger partial charge in [-0.1, -0.05) is 12.1 Å². The normalized spacial score (nSPS) is 12.0. The third kappa shape index (κ3) is 4.39. The molecule has 0 aliphatic rings. The molecule has 1 unspecified atom stereocenters. The van der Waals surface area contributed by atoms with Crippen LogP contribution in [0.2, 0.25) is 0 Å². The van der Waals surface area contributed by atoms with Crippen LogP contribution in [0.4, 0.5) is 0 Å². The van der Waals surface area contributed by atoms with Crippen LogP contribution in [0.15, 0.2) is 35.8 Å². The number of carbonyl (C=O) groups excluding carboxylic acids is 1. The van der Waals surface area contributed by atoms with Gasteiger partial charge in [0.15, 0.2) is 0 Å². The summed E-state index contributed by atoms with van der Waals surface area (Å²) >= 11 is 1.43. The van der Waals surface area contributed by atoms with E-state index in [0.717, 1.165) is 28.1 Å². The lowest BCUT2D eigenvalue weighted by atomic mass is 10.1. The van der Waals surface area contributed by atoms with Gasteiger partial charge in [-0.3, -0.25) is 9.48 Å². The van der Waals surface area contributed by atoms with E-state index in [1.165, 1.54) is 16.9 Å². The van der Waals surface area contributed by atoms with Crippen LogP contribution in [-0.4, -0.2) is 15.7 Å². The topological polar surface area (TPSA) is 56.1 Å². The minimum absolute atomic E-state index is 0.0752. The van der Waals surface area contributed by atoms with Crippen LogP contribution in [0.1, 0.15) is 50.6 Å². The minimum Gasteiger partial charge on any atom is -0.489 e. The van der Waals surface area contributed by atoms with Gasteiger partial charge in [0.25, 0.3) is 5.91 Å². The van der Waals surface area contributed by atoms with E-state index in [1.807, 2.05) is 56.9 Å². The van der Waals surface area contributed by atoms with Gasteiger partial charge in [0, 0.05) is 23.9 Å². The summed E-state index contributed by atoms with van der Waals surface area (Å²) in [7, 11) is 1.90. The fourth-order valence-corrected chi connectivity index (χ4v) is 3.68. The van der Waals surface area contributed by atoms with Gasteiger partial charge in [0.2, 0.25) is 0 Å². The van der Waals surface area contributed by atoms with Gasteiger partial charge < -0.3 is 10.1 Å². The Morgan fingerprint density at radius 3 is 2.78 bits per heavy atom. The van der Waals surface area contributed by atoms with E-state index in [0.29, 0.717) is 11.5 Å². The Morgan fingerprint density at radius 2 is 2.07 bits per heavy atom. The van der Waals surface area contributed by atoms with Gasteiger partial charge in [0.1, 0.15) is 12.4 Å². The molecule has 2 aromatic heterocycles. The maximum Gasteiger partial charge on any atom is 0.261 e. The minimum atomic E-state index is -0.0945. The second-order valence-electron chi connectivity index (χ2n) is 6.88. The summed E-state index contributed by atoms with van der Waals surface area (Å²) in [5.74, 6) is 0.807. The number of benzene rings is 1. The molecule has 0 fully saturated rings. The third-order valence-corrected chi connectivity index (χ3v) is 5.68. The maximum absolute atomic E-state index is 12.6. The van der Waals surface area contributed by atoms with Crippen molar-refractivity contribution in [3.63, 3.8) is 0 Å². The molecule has 0 spiro atoms. The van der Waals surface area contributed by atoms with Crippen LogP contribution >= 0.6 is 11.3 Å². The fourth-order valence-electron chi connectivity index (χ4n) is 2.88. The Hall–Kier alpha value is -2.60. The van der Waals surface area contributed by atoms with Crippen LogP contribution < -0.4 is 10.1 Å². The number of nitrogens with zero attached hydrogens (tertiary/aromatic N) is 2. The number of ether oxygens (including phenoxy) is 1. The quantitative estimate of drug-likeness (QED) is 0.683. The first kappa shape index (κ1) is 19.2. The van der Waals surface area contributed by atoms with Gasteiger partial charge in [-0.15, -0.1) is 11.3 Å². The van der Waals surface area contributed by atoms with Crippen molar-refractivity contribution in [2.45, 2.75) is 40.3 Å². The van der Waals surface area contributed by atoms with Crippen molar-refractivity contribution in [3.8, 4) is 5.75 Å². The summed E-state index contributed by atoms with van der Waals surface area (Å²) in [5.41, 5.74) is 5.35. The fraction of sp³-hybridized carbons (Fsp3) is 0.333. The molecule has 1 amide bonds. The molecule has 2 heterocycles. The number of thiophene rings is 1. The van der Waals surface area contributed by atoms with E-state index >= 15 is 0 Å². The Balaban J connectivity index is 1.62. The molecule has 0 saturated heterocycles. The number of rotatable bonds is 6. The molecule has 1 aromatic carbocycles. The number of amides is 1. The first-order valence-electron chi connectivity index (χ1n) is 8.92. The van der Waals surface area contributed by atoms with Crippen LogP contribution in [-0.2, 0) is 13.7 Å². The van der Waals surface area contributed by atoms with Gasteiger partial charge in [0.05, 0.1) is 17.1 Å². The van der Waals surface area contributed by atoms with Crippen molar-refractivity contribution in [3.05, 3.63) is 68.7 Å². The lowest BCUT2D eigenvalue weighted by Gasteiger charge is -2.13. The maximum atomic E-state index is 12.6. The molecule has 6 heteroatoms. The number of nitrogens with one attached hydrogen (secondary N) is 1. The molecule has 0 radical (unpaired) electrons. The SMILES string of the molecule is Cc1ccc(C)c(OCc2csc(C(=O)NC(C)c3cnn(C)c3C)c2)c1. The van der Waals surface area contributed by atoms with E-state index in [4.69, 9.17) is 4.74 Å². The average Bonchev–Trinajstić information content (AvgIpc) is 3.23. The highest BCUT2D eigenvalue weighted by Gasteiger charge is 2.17.